The number of hydrogen-bond acceptors (Lipinski definition) is 2. The first-order valence-corrected chi connectivity index (χ1v) is 5.43. The molecule has 0 aliphatic rings. The Hall–Kier alpha value is -0.150. The molecule has 0 aliphatic heterocycles. The molecule has 1 atom stereocenters. The van der Waals surface area contributed by atoms with Crippen molar-refractivity contribution < 1.29 is 9.53 Å². The van der Waals surface area contributed by atoms with E-state index in [1.807, 2.05) is 0 Å². The van der Waals surface area contributed by atoms with Crippen molar-refractivity contribution in [3.63, 3.8) is 0 Å². The molecule has 0 spiro atoms. The fraction of sp³-hybridized carbons (Fsp3) is 0.222. The summed E-state index contributed by atoms with van der Waals surface area (Å²) in [5.74, 6) is 0.232. The van der Waals surface area contributed by atoms with Crippen LogP contribution in [0.1, 0.15) is 6.92 Å². The van der Waals surface area contributed by atoms with Gasteiger partial charge in [-0.2, -0.15) is 0 Å². The highest BCUT2D eigenvalue weighted by molar-refractivity contribution is 6.64. The highest BCUT2D eigenvalue weighted by Crippen LogP contribution is 2.35. The summed E-state index contributed by atoms with van der Waals surface area (Å²) in [6, 6.07) is 2.94. The molecule has 0 aliphatic carbocycles. The van der Waals surface area contributed by atoms with Crippen LogP contribution < -0.4 is 4.74 Å². The second kappa shape index (κ2) is 5.26. The van der Waals surface area contributed by atoms with Gasteiger partial charge in [0.1, 0.15) is 10.8 Å². The van der Waals surface area contributed by atoms with Gasteiger partial charge in [0.15, 0.2) is 6.10 Å². The van der Waals surface area contributed by atoms with Crippen molar-refractivity contribution in [1.29, 1.82) is 0 Å². The predicted octanol–water partition coefficient (Wildman–Crippen LogP) is 4.18. The SMILES string of the molecule is CC(Oc1cc(Cl)cc(Cl)c1Cl)C(=O)Cl. The molecule has 0 N–H and O–H groups in total. The van der Waals surface area contributed by atoms with Crippen LogP contribution in [0.5, 0.6) is 5.75 Å². The summed E-state index contributed by atoms with van der Waals surface area (Å²) >= 11 is 22.6. The smallest absolute Gasteiger partial charge is 0.262 e. The van der Waals surface area contributed by atoms with E-state index < -0.39 is 11.3 Å². The van der Waals surface area contributed by atoms with Gasteiger partial charge in [0.05, 0.1) is 5.02 Å². The van der Waals surface area contributed by atoms with E-state index in [2.05, 4.69) is 0 Å². The molecule has 1 aromatic rings. The van der Waals surface area contributed by atoms with Crippen molar-refractivity contribution >= 4 is 51.6 Å². The average Bonchev–Trinajstić information content (AvgIpc) is 2.13. The van der Waals surface area contributed by atoms with Crippen molar-refractivity contribution in [1.82, 2.24) is 0 Å². The van der Waals surface area contributed by atoms with E-state index in [1.165, 1.54) is 19.1 Å². The molecule has 0 amide bonds. The number of halogens is 4. The molecule has 0 aromatic heterocycles. The molecule has 2 nitrogen and oxygen atoms in total. The van der Waals surface area contributed by atoms with Gasteiger partial charge in [-0.05, 0) is 24.6 Å². The van der Waals surface area contributed by atoms with Gasteiger partial charge in [-0.25, -0.2) is 0 Å². The third kappa shape index (κ3) is 3.42. The van der Waals surface area contributed by atoms with E-state index in [1.54, 1.807) is 0 Å². The largest absolute Gasteiger partial charge is 0.480 e. The topological polar surface area (TPSA) is 26.3 Å². The van der Waals surface area contributed by atoms with E-state index in [-0.39, 0.29) is 15.8 Å². The minimum absolute atomic E-state index is 0.200. The normalized spacial score (nSPS) is 12.3. The van der Waals surface area contributed by atoms with Crippen LogP contribution >= 0.6 is 46.4 Å². The molecule has 1 rings (SSSR count). The quantitative estimate of drug-likeness (QED) is 0.616. The number of carbonyl (C=O) groups excluding carboxylic acids is 1. The molecular formula is C9H6Cl4O2. The maximum Gasteiger partial charge on any atom is 0.262 e. The number of ether oxygens (including phenoxy) is 1. The Balaban J connectivity index is 2.99. The summed E-state index contributed by atoms with van der Waals surface area (Å²) in [4.78, 5) is 10.8. The molecule has 15 heavy (non-hydrogen) atoms. The van der Waals surface area contributed by atoms with Crippen molar-refractivity contribution in [2.75, 3.05) is 0 Å². The molecule has 0 saturated heterocycles. The lowest BCUT2D eigenvalue weighted by molar-refractivity contribution is -0.117. The monoisotopic (exact) mass is 286 g/mol. The standard InChI is InChI=1S/C9H6Cl4O2/c1-4(9(13)14)15-7-3-5(10)2-6(11)8(7)12/h2-4H,1H3. The molecule has 1 aromatic carbocycles. The zero-order valence-electron chi connectivity index (χ0n) is 7.56. The van der Waals surface area contributed by atoms with Crippen molar-refractivity contribution in [2.45, 2.75) is 13.0 Å². The first-order valence-electron chi connectivity index (χ1n) is 3.92. The zero-order valence-corrected chi connectivity index (χ0v) is 10.6. The van der Waals surface area contributed by atoms with Crippen LogP contribution in [0.3, 0.4) is 0 Å². The van der Waals surface area contributed by atoms with E-state index in [0.29, 0.717) is 5.02 Å². The number of rotatable bonds is 3. The number of benzene rings is 1. The minimum atomic E-state index is -0.807. The van der Waals surface area contributed by atoms with Crippen molar-refractivity contribution in [3.05, 3.63) is 27.2 Å². The van der Waals surface area contributed by atoms with Gasteiger partial charge < -0.3 is 4.74 Å². The van der Waals surface area contributed by atoms with Crippen LogP contribution in [0.4, 0.5) is 0 Å². The van der Waals surface area contributed by atoms with Gasteiger partial charge in [-0.1, -0.05) is 34.8 Å². The Morgan fingerprint density at radius 2 is 1.93 bits per heavy atom. The Labute approximate surface area is 107 Å². The lowest BCUT2D eigenvalue weighted by Crippen LogP contribution is -2.19. The molecular weight excluding hydrogens is 282 g/mol. The maximum atomic E-state index is 10.8. The highest BCUT2D eigenvalue weighted by atomic mass is 35.5. The summed E-state index contributed by atoms with van der Waals surface area (Å²) in [5, 5.41) is 0.204. The zero-order chi connectivity index (χ0) is 11.6. The fourth-order valence-electron chi connectivity index (χ4n) is 0.855. The first kappa shape index (κ1) is 12.9. The highest BCUT2D eigenvalue weighted by Gasteiger charge is 2.15. The van der Waals surface area contributed by atoms with Crippen LogP contribution in [0.2, 0.25) is 15.1 Å². The second-order valence-electron chi connectivity index (χ2n) is 2.76. The second-order valence-corrected chi connectivity index (χ2v) is 4.36. The summed E-state index contributed by atoms with van der Waals surface area (Å²) < 4.78 is 5.19. The van der Waals surface area contributed by atoms with E-state index in [9.17, 15) is 4.79 Å². The van der Waals surface area contributed by atoms with Crippen LogP contribution in [0, 0.1) is 0 Å². The molecule has 82 valence electrons. The van der Waals surface area contributed by atoms with Gasteiger partial charge >= 0.3 is 0 Å². The summed E-state index contributed by atoms with van der Waals surface area (Å²) in [7, 11) is 0. The van der Waals surface area contributed by atoms with Gasteiger partial charge in [0, 0.05) is 11.1 Å². The van der Waals surface area contributed by atoms with E-state index in [0.717, 1.165) is 0 Å². The lowest BCUT2D eigenvalue weighted by Gasteiger charge is -2.12. The Bertz CT molecular complexity index is 392. The van der Waals surface area contributed by atoms with Gasteiger partial charge in [-0.15, -0.1) is 0 Å². The van der Waals surface area contributed by atoms with Gasteiger partial charge in [-0.3, -0.25) is 4.79 Å². The molecule has 0 heterocycles. The van der Waals surface area contributed by atoms with Gasteiger partial charge in [0.2, 0.25) is 0 Å². The predicted molar refractivity (Wildman–Crippen MR) is 62.4 cm³/mol. The third-order valence-corrected chi connectivity index (χ3v) is 2.89. The Kier molecular flexibility index (Phi) is 4.53. The van der Waals surface area contributed by atoms with Crippen molar-refractivity contribution in [3.8, 4) is 5.75 Å². The maximum absolute atomic E-state index is 10.8. The number of hydrogen-bond donors (Lipinski definition) is 0. The minimum Gasteiger partial charge on any atom is -0.480 e. The van der Waals surface area contributed by atoms with Crippen LogP contribution in [0.15, 0.2) is 12.1 Å². The van der Waals surface area contributed by atoms with Gasteiger partial charge in [0.25, 0.3) is 5.24 Å². The Morgan fingerprint density at radius 3 is 2.47 bits per heavy atom. The Morgan fingerprint density at radius 1 is 1.33 bits per heavy atom. The van der Waals surface area contributed by atoms with E-state index >= 15 is 0 Å². The summed E-state index contributed by atoms with van der Waals surface area (Å²) in [5.41, 5.74) is 0. The molecule has 0 saturated carbocycles. The number of carbonyl (C=O) groups is 1. The fourth-order valence-corrected chi connectivity index (χ4v) is 1.53. The van der Waals surface area contributed by atoms with E-state index in [4.69, 9.17) is 51.1 Å². The molecule has 0 bridgehead atoms. The molecule has 6 heteroatoms. The lowest BCUT2D eigenvalue weighted by atomic mass is 10.3. The summed E-state index contributed by atoms with van der Waals surface area (Å²) in [6.45, 7) is 1.50. The molecule has 1 unspecified atom stereocenters. The van der Waals surface area contributed by atoms with Crippen LogP contribution in [-0.2, 0) is 4.79 Å². The van der Waals surface area contributed by atoms with Crippen molar-refractivity contribution in [2.24, 2.45) is 0 Å². The molecule has 0 radical (unpaired) electrons. The van der Waals surface area contributed by atoms with Crippen LogP contribution in [0.25, 0.3) is 0 Å². The molecule has 0 fully saturated rings. The van der Waals surface area contributed by atoms with Crippen LogP contribution in [-0.4, -0.2) is 11.3 Å². The summed E-state index contributed by atoms with van der Waals surface area (Å²) in [6.07, 6.45) is -0.807. The average molecular weight is 288 g/mol. The first-order chi connectivity index (χ1) is 6.91. The third-order valence-electron chi connectivity index (χ3n) is 1.58.